The molecule has 2 N–H and O–H groups in total. The molecule has 0 radical (unpaired) electrons. The molecule has 0 bridgehead atoms. The van der Waals surface area contributed by atoms with Gasteiger partial charge in [-0.15, -0.1) is 0 Å². The van der Waals surface area contributed by atoms with E-state index in [2.05, 4.69) is 13.0 Å². The Morgan fingerprint density at radius 2 is 1.80 bits per heavy atom. The first-order chi connectivity index (χ1) is 4.22. The van der Waals surface area contributed by atoms with Crippen molar-refractivity contribution < 1.29 is 0 Å². The predicted molar refractivity (Wildman–Crippen MR) is 47.1 cm³/mol. The maximum atomic E-state index is 5.62. The molecule has 1 aromatic carbocycles. The van der Waals surface area contributed by atoms with E-state index in [9.17, 15) is 0 Å². The van der Waals surface area contributed by atoms with Gasteiger partial charge in [0.2, 0.25) is 0 Å². The Labute approximate surface area is 62.9 Å². The fraction of sp³-hybridized carbons (Fsp3) is 0.333. The van der Waals surface area contributed by atoms with Crippen molar-refractivity contribution in [2.45, 2.75) is 21.3 Å². The third-order valence-electron chi connectivity index (χ3n) is 1.65. The van der Waals surface area contributed by atoms with E-state index in [-0.39, 0.29) is 7.43 Å². The van der Waals surface area contributed by atoms with E-state index in [1.807, 2.05) is 19.1 Å². The third-order valence-corrected chi connectivity index (χ3v) is 1.65. The van der Waals surface area contributed by atoms with Gasteiger partial charge in [-0.05, 0) is 31.0 Å². The molecule has 0 fully saturated rings. The molecule has 0 amide bonds. The molecule has 0 aromatic heterocycles. The Bertz CT molecular complexity index is 196. The molecule has 0 spiro atoms. The van der Waals surface area contributed by atoms with Crippen molar-refractivity contribution in [3.63, 3.8) is 0 Å². The van der Waals surface area contributed by atoms with E-state index in [1.54, 1.807) is 0 Å². The van der Waals surface area contributed by atoms with Crippen LogP contribution in [0.15, 0.2) is 18.2 Å². The van der Waals surface area contributed by atoms with Crippen LogP contribution >= 0.6 is 0 Å². The Kier molecular flexibility index (Phi) is 2.94. The van der Waals surface area contributed by atoms with Gasteiger partial charge < -0.3 is 5.73 Å². The monoisotopic (exact) mass is 137 g/mol. The number of hydrogen-bond acceptors (Lipinski definition) is 1. The number of nitrogen functional groups attached to an aromatic ring is 1. The highest BCUT2D eigenvalue weighted by Crippen LogP contribution is 2.13. The first kappa shape index (κ1) is 9.02. The van der Waals surface area contributed by atoms with Gasteiger partial charge in [0.1, 0.15) is 0 Å². The number of hydrogen-bond donors (Lipinski definition) is 1. The summed E-state index contributed by atoms with van der Waals surface area (Å²) in [5.41, 5.74) is 8.96. The minimum Gasteiger partial charge on any atom is -0.399 e. The van der Waals surface area contributed by atoms with Gasteiger partial charge in [-0.1, -0.05) is 19.6 Å². The molecule has 0 saturated carbocycles. The van der Waals surface area contributed by atoms with Crippen molar-refractivity contribution in [3.05, 3.63) is 29.3 Å². The molecule has 1 aromatic rings. The standard InChI is InChI=1S/C8H11N.CH4/c1-6-4-3-5-8(9)7(6)2;/h3-5H,9H2,1-2H3;1H4. The average Bonchev–Trinajstić information content (AvgIpc) is 1.83. The lowest BCUT2D eigenvalue weighted by molar-refractivity contribution is 1.35. The molecule has 1 heteroatoms. The highest BCUT2D eigenvalue weighted by Gasteiger charge is 1.92. The molecular formula is C9H15N. The lowest BCUT2D eigenvalue weighted by atomic mass is 10.1. The van der Waals surface area contributed by atoms with Crippen molar-refractivity contribution >= 4 is 5.69 Å². The third kappa shape index (κ3) is 1.50. The van der Waals surface area contributed by atoms with E-state index in [0.29, 0.717) is 0 Å². The van der Waals surface area contributed by atoms with Crippen molar-refractivity contribution in [2.24, 2.45) is 0 Å². The summed E-state index contributed by atoms with van der Waals surface area (Å²) in [4.78, 5) is 0. The van der Waals surface area contributed by atoms with Crippen LogP contribution in [-0.2, 0) is 0 Å². The normalized spacial score (nSPS) is 8.60. The molecule has 0 aliphatic rings. The van der Waals surface area contributed by atoms with Crippen LogP contribution in [0.3, 0.4) is 0 Å². The van der Waals surface area contributed by atoms with E-state index in [4.69, 9.17) is 5.73 Å². The van der Waals surface area contributed by atoms with Crippen LogP contribution in [-0.4, -0.2) is 0 Å². The van der Waals surface area contributed by atoms with Crippen molar-refractivity contribution in [3.8, 4) is 0 Å². The highest BCUT2D eigenvalue weighted by atomic mass is 14.5. The summed E-state index contributed by atoms with van der Waals surface area (Å²) < 4.78 is 0. The fourth-order valence-electron chi connectivity index (χ4n) is 0.774. The first-order valence-corrected chi connectivity index (χ1v) is 3.03. The van der Waals surface area contributed by atoms with Crippen LogP contribution in [0.5, 0.6) is 0 Å². The topological polar surface area (TPSA) is 26.0 Å². The Hall–Kier alpha value is -0.980. The Balaban J connectivity index is 0.000000810. The summed E-state index contributed by atoms with van der Waals surface area (Å²) in [5, 5.41) is 0. The molecule has 0 aliphatic carbocycles. The maximum absolute atomic E-state index is 5.62. The smallest absolute Gasteiger partial charge is 0.0346 e. The molecule has 10 heavy (non-hydrogen) atoms. The Morgan fingerprint density at radius 3 is 2.20 bits per heavy atom. The fourth-order valence-corrected chi connectivity index (χ4v) is 0.774. The second kappa shape index (κ2) is 3.25. The average molecular weight is 137 g/mol. The maximum Gasteiger partial charge on any atom is 0.0346 e. The molecule has 0 saturated heterocycles. The summed E-state index contributed by atoms with van der Waals surface area (Å²) in [5.74, 6) is 0. The summed E-state index contributed by atoms with van der Waals surface area (Å²) in [6, 6.07) is 5.95. The van der Waals surface area contributed by atoms with Crippen LogP contribution in [0, 0.1) is 13.8 Å². The van der Waals surface area contributed by atoms with Crippen LogP contribution in [0.1, 0.15) is 18.6 Å². The number of rotatable bonds is 0. The van der Waals surface area contributed by atoms with Crippen LogP contribution in [0.2, 0.25) is 0 Å². The summed E-state index contributed by atoms with van der Waals surface area (Å²) in [7, 11) is 0. The zero-order chi connectivity index (χ0) is 6.85. The molecular weight excluding hydrogens is 122 g/mol. The second-order valence-electron chi connectivity index (χ2n) is 2.29. The molecule has 0 aliphatic heterocycles. The molecule has 1 nitrogen and oxygen atoms in total. The largest absolute Gasteiger partial charge is 0.399 e. The molecule has 0 heterocycles. The van der Waals surface area contributed by atoms with E-state index in [0.717, 1.165) is 5.69 Å². The Morgan fingerprint density at radius 1 is 1.20 bits per heavy atom. The zero-order valence-electron chi connectivity index (χ0n) is 5.81. The summed E-state index contributed by atoms with van der Waals surface area (Å²) >= 11 is 0. The second-order valence-corrected chi connectivity index (χ2v) is 2.29. The molecule has 1 rings (SSSR count). The van der Waals surface area contributed by atoms with Gasteiger partial charge in [0.25, 0.3) is 0 Å². The quantitative estimate of drug-likeness (QED) is 0.546. The number of anilines is 1. The van der Waals surface area contributed by atoms with Crippen LogP contribution in [0.4, 0.5) is 5.69 Å². The SMILES string of the molecule is C.Cc1cccc(N)c1C. The van der Waals surface area contributed by atoms with Crippen molar-refractivity contribution in [1.82, 2.24) is 0 Å². The van der Waals surface area contributed by atoms with Gasteiger partial charge >= 0.3 is 0 Å². The molecule has 0 atom stereocenters. The van der Waals surface area contributed by atoms with Gasteiger partial charge in [0.15, 0.2) is 0 Å². The molecule has 56 valence electrons. The number of benzene rings is 1. The van der Waals surface area contributed by atoms with E-state index >= 15 is 0 Å². The van der Waals surface area contributed by atoms with Gasteiger partial charge in [-0.2, -0.15) is 0 Å². The van der Waals surface area contributed by atoms with Crippen LogP contribution < -0.4 is 5.73 Å². The zero-order valence-corrected chi connectivity index (χ0v) is 5.81. The van der Waals surface area contributed by atoms with Gasteiger partial charge in [-0.3, -0.25) is 0 Å². The lowest BCUT2D eigenvalue weighted by Gasteiger charge is -2.00. The van der Waals surface area contributed by atoms with Gasteiger partial charge in [0.05, 0.1) is 0 Å². The van der Waals surface area contributed by atoms with Crippen LogP contribution in [0.25, 0.3) is 0 Å². The minimum absolute atomic E-state index is 0. The lowest BCUT2D eigenvalue weighted by Crippen LogP contribution is -1.90. The molecule has 0 unspecified atom stereocenters. The summed E-state index contributed by atoms with van der Waals surface area (Å²) in [6.45, 7) is 4.09. The number of nitrogens with two attached hydrogens (primary N) is 1. The number of aryl methyl sites for hydroxylation is 1. The predicted octanol–water partition coefficient (Wildman–Crippen LogP) is 2.52. The van der Waals surface area contributed by atoms with Crippen molar-refractivity contribution in [1.29, 1.82) is 0 Å². The van der Waals surface area contributed by atoms with E-state index in [1.165, 1.54) is 11.1 Å². The van der Waals surface area contributed by atoms with Gasteiger partial charge in [-0.25, -0.2) is 0 Å². The highest BCUT2D eigenvalue weighted by molar-refractivity contribution is 5.49. The van der Waals surface area contributed by atoms with Gasteiger partial charge in [0, 0.05) is 5.69 Å². The van der Waals surface area contributed by atoms with E-state index < -0.39 is 0 Å². The van der Waals surface area contributed by atoms with Crippen molar-refractivity contribution in [2.75, 3.05) is 5.73 Å². The summed E-state index contributed by atoms with van der Waals surface area (Å²) in [6.07, 6.45) is 0. The minimum atomic E-state index is 0. The first-order valence-electron chi connectivity index (χ1n) is 3.03.